The second-order valence-electron chi connectivity index (χ2n) is 14.4. The number of methoxy groups -OCH3 is 1. The fourth-order valence-corrected chi connectivity index (χ4v) is 8.88. The first-order valence-electron chi connectivity index (χ1n) is 16.3. The number of aromatic hydroxyl groups is 1. The first kappa shape index (κ1) is 34.6. The van der Waals surface area contributed by atoms with E-state index in [0.29, 0.717) is 22.3 Å². The standard InChI is InChI=1S/C39H38O11/c1-18(2)30-32(43)28(19(3)40)34(45)39(48)35(46)31-33(44)29-24(16-37(31,4)17-38(30,39)5)23(9-10-25(29)41)21-12-20(13-22(15-21)36(47)49-6)14-26(42)27-8-7-11-50-27/h7-13,15,18,30,41,44-45,48H,14,16-17H2,1-6H3/t30?,37-,38-,39+/m1/s1. The van der Waals surface area contributed by atoms with Crippen LogP contribution in [-0.4, -0.2) is 62.2 Å². The maximum absolute atomic E-state index is 14.6. The fourth-order valence-electron chi connectivity index (χ4n) is 8.88. The minimum Gasteiger partial charge on any atom is -0.508 e. The molecular formula is C39H38O11. The summed E-state index contributed by atoms with van der Waals surface area (Å²) in [7, 11) is 1.23. The molecule has 0 saturated heterocycles. The van der Waals surface area contributed by atoms with E-state index in [0.717, 1.165) is 6.92 Å². The average molecular weight is 683 g/mol. The molecule has 0 radical (unpaired) electrons. The summed E-state index contributed by atoms with van der Waals surface area (Å²) in [5.41, 5.74) is -4.64. The zero-order valence-corrected chi connectivity index (χ0v) is 28.5. The molecule has 6 rings (SSSR count). The molecule has 260 valence electrons. The van der Waals surface area contributed by atoms with Gasteiger partial charge in [-0.2, -0.15) is 0 Å². The lowest BCUT2D eigenvalue weighted by molar-refractivity contribution is -0.178. The molecule has 1 fully saturated rings. The van der Waals surface area contributed by atoms with Crippen LogP contribution in [0.2, 0.25) is 0 Å². The highest BCUT2D eigenvalue weighted by Crippen LogP contribution is 2.65. The van der Waals surface area contributed by atoms with Crippen LogP contribution in [0.25, 0.3) is 16.9 Å². The Balaban J connectivity index is 1.57. The molecule has 1 unspecified atom stereocenters. The van der Waals surface area contributed by atoms with Crippen molar-refractivity contribution in [2.24, 2.45) is 22.7 Å². The molecule has 11 heteroatoms. The number of fused-ring (bicyclic) bond motifs is 3. The van der Waals surface area contributed by atoms with Gasteiger partial charge in [0.05, 0.1) is 24.5 Å². The maximum Gasteiger partial charge on any atom is 0.337 e. The quantitative estimate of drug-likeness (QED) is 0.137. The largest absolute Gasteiger partial charge is 0.508 e. The van der Waals surface area contributed by atoms with Gasteiger partial charge >= 0.3 is 5.97 Å². The molecule has 1 heterocycles. The van der Waals surface area contributed by atoms with Gasteiger partial charge in [-0.15, -0.1) is 0 Å². The van der Waals surface area contributed by atoms with E-state index in [1.54, 1.807) is 52.0 Å². The average Bonchev–Trinajstić information content (AvgIpc) is 3.57. The molecule has 4 atom stereocenters. The van der Waals surface area contributed by atoms with Crippen LogP contribution in [-0.2, 0) is 32.0 Å². The van der Waals surface area contributed by atoms with Crippen molar-refractivity contribution in [1.29, 1.82) is 0 Å². The molecule has 4 N–H and O–H groups in total. The summed E-state index contributed by atoms with van der Waals surface area (Å²) in [5, 5.41) is 46.7. The first-order chi connectivity index (χ1) is 23.4. The van der Waals surface area contributed by atoms with E-state index in [9.17, 15) is 44.4 Å². The molecule has 1 saturated carbocycles. The third kappa shape index (κ3) is 4.78. The van der Waals surface area contributed by atoms with Crippen molar-refractivity contribution < 1.29 is 53.6 Å². The molecule has 3 aliphatic rings. The van der Waals surface area contributed by atoms with E-state index in [1.807, 2.05) is 0 Å². The Kier molecular flexibility index (Phi) is 8.06. The smallest absolute Gasteiger partial charge is 0.337 e. The molecule has 1 aromatic heterocycles. The van der Waals surface area contributed by atoms with Crippen molar-refractivity contribution in [1.82, 2.24) is 0 Å². The molecular weight excluding hydrogens is 644 g/mol. The lowest BCUT2D eigenvalue weighted by Crippen LogP contribution is -2.69. The minimum atomic E-state index is -2.73. The maximum atomic E-state index is 14.6. The number of aliphatic hydroxyl groups is 3. The summed E-state index contributed by atoms with van der Waals surface area (Å²) in [6.45, 7) is 7.79. The zero-order valence-electron chi connectivity index (χ0n) is 28.5. The van der Waals surface area contributed by atoms with Crippen molar-refractivity contribution in [3.8, 4) is 16.9 Å². The van der Waals surface area contributed by atoms with Crippen LogP contribution >= 0.6 is 0 Å². The molecule has 0 spiro atoms. The van der Waals surface area contributed by atoms with Gasteiger partial charge in [-0.1, -0.05) is 39.8 Å². The fraction of sp³-hybridized carbons (Fsp3) is 0.359. The lowest BCUT2D eigenvalue weighted by Gasteiger charge is -2.59. The van der Waals surface area contributed by atoms with Crippen molar-refractivity contribution in [3.05, 3.63) is 93.6 Å². The Labute approximate surface area is 287 Å². The van der Waals surface area contributed by atoms with Crippen LogP contribution in [0.5, 0.6) is 5.75 Å². The molecule has 0 amide bonds. The third-order valence-electron chi connectivity index (χ3n) is 10.8. The summed E-state index contributed by atoms with van der Waals surface area (Å²) >= 11 is 0. The normalized spacial score (nSPS) is 26.0. The summed E-state index contributed by atoms with van der Waals surface area (Å²) in [6.07, 6.45) is 1.21. The van der Waals surface area contributed by atoms with E-state index in [4.69, 9.17) is 9.15 Å². The molecule has 2 aromatic carbocycles. The topological polar surface area (TPSA) is 189 Å². The van der Waals surface area contributed by atoms with Gasteiger partial charge in [0.2, 0.25) is 11.6 Å². The molecule has 0 bridgehead atoms. The Hall–Kier alpha value is -5.29. The second-order valence-corrected chi connectivity index (χ2v) is 14.4. The number of aliphatic hydroxyl groups excluding tert-OH is 2. The van der Waals surface area contributed by atoms with Crippen molar-refractivity contribution in [2.45, 2.75) is 59.5 Å². The summed E-state index contributed by atoms with van der Waals surface area (Å²) in [5.74, 6) is -6.94. The van der Waals surface area contributed by atoms with Gasteiger partial charge < -0.3 is 29.6 Å². The van der Waals surface area contributed by atoms with Crippen LogP contribution in [0.3, 0.4) is 0 Å². The van der Waals surface area contributed by atoms with Crippen LogP contribution in [0.4, 0.5) is 0 Å². The molecule has 50 heavy (non-hydrogen) atoms. The number of furan rings is 1. The number of phenolic OH excluding ortho intramolecular Hbond substituents is 1. The number of rotatable bonds is 7. The van der Waals surface area contributed by atoms with Crippen molar-refractivity contribution in [2.75, 3.05) is 7.11 Å². The van der Waals surface area contributed by atoms with Crippen LogP contribution in [0.1, 0.15) is 78.6 Å². The van der Waals surface area contributed by atoms with Gasteiger partial charge in [-0.3, -0.25) is 19.2 Å². The van der Waals surface area contributed by atoms with Gasteiger partial charge in [0.1, 0.15) is 22.8 Å². The highest BCUT2D eigenvalue weighted by atomic mass is 16.5. The van der Waals surface area contributed by atoms with Crippen LogP contribution in [0, 0.1) is 22.7 Å². The Morgan fingerprint density at radius 2 is 1.74 bits per heavy atom. The summed E-state index contributed by atoms with van der Waals surface area (Å²) in [4.78, 5) is 66.8. The number of ether oxygens (including phenoxy) is 1. The number of carbonyl (C=O) groups is 5. The highest BCUT2D eigenvalue weighted by molar-refractivity contribution is 6.24. The van der Waals surface area contributed by atoms with E-state index < -0.39 is 68.7 Å². The number of phenols is 1. The van der Waals surface area contributed by atoms with E-state index >= 15 is 0 Å². The third-order valence-corrected chi connectivity index (χ3v) is 10.8. The number of hydrogen-bond acceptors (Lipinski definition) is 11. The van der Waals surface area contributed by atoms with Gasteiger partial charge in [-0.05, 0) is 78.3 Å². The molecule has 0 aliphatic heterocycles. The summed E-state index contributed by atoms with van der Waals surface area (Å²) < 4.78 is 10.2. The number of carbonyl (C=O) groups excluding carboxylic acids is 5. The Morgan fingerprint density at radius 1 is 1.04 bits per heavy atom. The molecule has 3 aromatic rings. The first-order valence-corrected chi connectivity index (χ1v) is 16.3. The van der Waals surface area contributed by atoms with Crippen LogP contribution in [0.15, 0.2) is 70.1 Å². The van der Waals surface area contributed by atoms with Crippen molar-refractivity contribution >= 4 is 34.9 Å². The number of ketones is 4. The van der Waals surface area contributed by atoms with Gasteiger partial charge in [0, 0.05) is 28.7 Å². The molecule has 11 nitrogen and oxygen atoms in total. The van der Waals surface area contributed by atoms with Crippen molar-refractivity contribution in [3.63, 3.8) is 0 Å². The summed E-state index contributed by atoms with van der Waals surface area (Å²) in [6, 6.07) is 10.8. The number of benzene rings is 2. The number of Topliss-reactive ketones (excluding diaryl/α,β-unsaturated/α-hetero) is 4. The second kappa shape index (κ2) is 11.7. The zero-order chi connectivity index (χ0) is 36.7. The lowest BCUT2D eigenvalue weighted by atomic mass is 9.43. The SMILES string of the molecule is COC(=O)c1cc(CC(=O)c2ccco2)cc(-c2ccc(O)c3c2C[C@]2(C)C[C@]4(C)C(C(C)C)C(=O)C(C(C)=O)=C(O)[C@]4(O)C(=O)C2=C3O)c1. The number of allylic oxidation sites excluding steroid dienone is 1. The number of esters is 1. The monoisotopic (exact) mass is 682 g/mol. The van der Waals surface area contributed by atoms with Gasteiger partial charge in [0.15, 0.2) is 22.9 Å². The number of hydrogen-bond donors (Lipinski definition) is 4. The Morgan fingerprint density at radius 3 is 2.34 bits per heavy atom. The van der Waals surface area contributed by atoms with Crippen LogP contribution < -0.4 is 0 Å². The Bertz CT molecular complexity index is 2080. The van der Waals surface area contributed by atoms with Gasteiger partial charge in [-0.25, -0.2) is 4.79 Å². The van der Waals surface area contributed by atoms with E-state index in [1.165, 1.54) is 31.6 Å². The highest BCUT2D eigenvalue weighted by Gasteiger charge is 2.72. The van der Waals surface area contributed by atoms with Gasteiger partial charge in [0.25, 0.3) is 0 Å². The van der Waals surface area contributed by atoms with E-state index in [2.05, 4.69) is 0 Å². The molecule has 3 aliphatic carbocycles. The predicted molar refractivity (Wildman–Crippen MR) is 179 cm³/mol. The van der Waals surface area contributed by atoms with E-state index in [-0.39, 0.29) is 53.3 Å². The predicted octanol–water partition coefficient (Wildman–Crippen LogP) is 5.66. The minimum absolute atomic E-state index is 0.0228.